The molecule has 1 unspecified atom stereocenters. The Balaban J connectivity index is 0.00000400. The molecule has 0 aliphatic heterocycles. The van der Waals surface area contributed by atoms with Gasteiger partial charge in [0.25, 0.3) is 0 Å². The number of amides is 1. The molecule has 0 spiro atoms. The van der Waals surface area contributed by atoms with Crippen LogP contribution in [0.2, 0.25) is 0 Å². The fourth-order valence-electron chi connectivity index (χ4n) is 1.74. The van der Waals surface area contributed by atoms with E-state index in [1.807, 2.05) is 6.92 Å². The van der Waals surface area contributed by atoms with Gasteiger partial charge in [0.05, 0.1) is 11.8 Å². The van der Waals surface area contributed by atoms with Crippen LogP contribution in [-0.2, 0) is 14.8 Å². The molecular formula is C13H22ClN3O3S. The first-order chi connectivity index (χ1) is 9.14. The van der Waals surface area contributed by atoms with Gasteiger partial charge >= 0.3 is 0 Å². The molecule has 1 rings (SSSR count). The smallest absolute Gasteiger partial charge is 0.244 e. The van der Waals surface area contributed by atoms with Crippen LogP contribution in [0.25, 0.3) is 0 Å². The molecule has 1 amide bonds. The molecule has 0 aliphatic rings. The first-order valence-electron chi connectivity index (χ1n) is 6.32. The number of rotatable bonds is 6. The third-order valence-corrected chi connectivity index (χ3v) is 3.34. The molecule has 4 N–H and O–H groups in total. The maximum absolute atomic E-state index is 12.0. The summed E-state index contributed by atoms with van der Waals surface area (Å²) in [6.45, 7) is 3.65. The van der Waals surface area contributed by atoms with Crippen LogP contribution in [0.5, 0.6) is 0 Å². The monoisotopic (exact) mass is 335 g/mol. The molecule has 21 heavy (non-hydrogen) atoms. The number of halogens is 1. The molecule has 0 aliphatic carbocycles. The van der Waals surface area contributed by atoms with E-state index in [-0.39, 0.29) is 18.3 Å². The molecule has 0 saturated carbocycles. The predicted molar refractivity (Wildman–Crippen MR) is 88.3 cm³/mol. The maximum Gasteiger partial charge on any atom is 0.244 e. The molecule has 1 atom stereocenters. The molecule has 6 nitrogen and oxygen atoms in total. The molecule has 120 valence electrons. The minimum absolute atomic E-state index is 0. The van der Waals surface area contributed by atoms with Crippen molar-refractivity contribution >= 4 is 39.7 Å². The van der Waals surface area contributed by atoms with Crippen molar-refractivity contribution in [1.29, 1.82) is 0 Å². The number of benzene rings is 1. The second kappa shape index (κ2) is 7.63. The Labute approximate surface area is 132 Å². The Morgan fingerprint density at radius 3 is 2.14 bits per heavy atom. The van der Waals surface area contributed by atoms with Crippen molar-refractivity contribution < 1.29 is 13.2 Å². The van der Waals surface area contributed by atoms with Gasteiger partial charge in [-0.25, -0.2) is 8.42 Å². The Morgan fingerprint density at radius 2 is 1.71 bits per heavy atom. The lowest BCUT2D eigenvalue weighted by molar-refractivity contribution is -0.120. The highest BCUT2D eigenvalue weighted by Gasteiger charge is 2.27. The van der Waals surface area contributed by atoms with Crippen LogP contribution in [0, 0.1) is 0 Å². The van der Waals surface area contributed by atoms with Crippen molar-refractivity contribution in [2.24, 2.45) is 5.73 Å². The maximum atomic E-state index is 12.0. The zero-order valence-corrected chi connectivity index (χ0v) is 14.0. The van der Waals surface area contributed by atoms with Crippen LogP contribution < -0.4 is 15.8 Å². The molecule has 0 bridgehead atoms. The van der Waals surface area contributed by atoms with E-state index in [2.05, 4.69) is 10.0 Å². The number of nitrogens with one attached hydrogen (secondary N) is 2. The number of hydrogen-bond donors (Lipinski definition) is 3. The van der Waals surface area contributed by atoms with Crippen molar-refractivity contribution in [3.05, 3.63) is 24.3 Å². The Hall–Kier alpha value is -1.31. The van der Waals surface area contributed by atoms with E-state index in [4.69, 9.17) is 5.73 Å². The van der Waals surface area contributed by atoms with Crippen LogP contribution in [0.1, 0.15) is 26.7 Å². The second-order valence-corrected chi connectivity index (χ2v) is 6.82. The fourth-order valence-corrected chi connectivity index (χ4v) is 2.31. The van der Waals surface area contributed by atoms with Gasteiger partial charge in [-0.2, -0.15) is 0 Å². The average Bonchev–Trinajstić information content (AvgIpc) is 2.29. The van der Waals surface area contributed by atoms with Gasteiger partial charge in [-0.3, -0.25) is 9.52 Å². The highest BCUT2D eigenvalue weighted by atomic mass is 35.5. The van der Waals surface area contributed by atoms with Crippen LogP contribution in [-0.4, -0.2) is 26.1 Å². The Bertz CT molecular complexity index is 571. The summed E-state index contributed by atoms with van der Waals surface area (Å²) < 4.78 is 24.5. The van der Waals surface area contributed by atoms with Gasteiger partial charge in [-0.15, -0.1) is 12.4 Å². The first kappa shape index (κ1) is 19.7. The van der Waals surface area contributed by atoms with Crippen LogP contribution in [0.15, 0.2) is 24.3 Å². The number of carbonyl (C=O) groups excluding carboxylic acids is 1. The van der Waals surface area contributed by atoms with Crippen molar-refractivity contribution in [2.75, 3.05) is 16.3 Å². The molecule has 0 radical (unpaired) electrons. The zero-order chi connectivity index (χ0) is 15.4. The van der Waals surface area contributed by atoms with Gasteiger partial charge in [0, 0.05) is 11.4 Å². The van der Waals surface area contributed by atoms with E-state index in [1.54, 1.807) is 31.2 Å². The number of hydrogen-bond acceptors (Lipinski definition) is 4. The van der Waals surface area contributed by atoms with E-state index in [0.717, 1.165) is 12.7 Å². The summed E-state index contributed by atoms with van der Waals surface area (Å²) in [6, 6.07) is 6.38. The highest BCUT2D eigenvalue weighted by molar-refractivity contribution is 7.92. The van der Waals surface area contributed by atoms with Crippen LogP contribution in [0.3, 0.4) is 0 Å². The summed E-state index contributed by atoms with van der Waals surface area (Å²) >= 11 is 0. The number of carbonyl (C=O) groups is 1. The summed E-state index contributed by atoms with van der Waals surface area (Å²) in [5.74, 6) is -0.261. The largest absolute Gasteiger partial charge is 0.325 e. The summed E-state index contributed by atoms with van der Waals surface area (Å²) in [6.07, 6.45) is 2.48. The van der Waals surface area contributed by atoms with Gasteiger partial charge in [0.2, 0.25) is 15.9 Å². The van der Waals surface area contributed by atoms with E-state index >= 15 is 0 Å². The molecule has 1 aromatic rings. The molecule has 8 heteroatoms. The lowest BCUT2D eigenvalue weighted by Crippen LogP contribution is -2.48. The fraction of sp³-hybridized carbons (Fsp3) is 0.462. The van der Waals surface area contributed by atoms with Crippen molar-refractivity contribution in [2.45, 2.75) is 32.2 Å². The summed E-state index contributed by atoms with van der Waals surface area (Å²) in [4.78, 5) is 12.0. The van der Waals surface area contributed by atoms with Crippen molar-refractivity contribution in [1.82, 2.24) is 0 Å². The normalized spacial score (nSPS) is 13.7. The predicted octanol–water partition coefficient (Wildman–Crippen LogP) is 1.94. The van der Waals surface area contributed by atoms with Crippen molar-refractivity contribution in [3.63, 3.8) is 0 Å². The molecule has 0 heterocycles. The molecule has 0 saturated heterocycles. The molecule has 0 fully saturated rings. The van der Waals surface area contributed by atoms with Gasteiger partial charge in [-0.05, 0) is 37.6 Å². The van der Waals surface area contributed by atoms with Crippen LogP contribution in [0.4, 0.5) is 11.4 Å². The van der Waals surface area contributed by atoms with E-state index in [9.17, 15) is 13.2 Å². The third-order valence-electron chi connectivity index (χ3n) is 2.73. The topological polar surface area (TPSA) is 101 Å². The Kier molecular flexibility index (Phi) is 7.15. The quantitative estimate of drug-likeness (QED) is 0.739. The van der Waals surface area contributed by atoms with E-state index in [0.29, 0.717) is 17.8 Å². The SMILES string of the molecule is CCCC(C)(N)C(=O)Nc1ccc(NS(C)(=O)=O)cc1.Cl. The minimum atomic E-state index is -3.30. The molecule has 1 aromatic carbocycles. The van der Waals surface area contributed by atoms with Gasteiger partial charge < -0.3 is 11.1 Å². The Morgan fingerprint density at radius 1 is 1.24 bits per heavy atom. The van der Waals surface area contributed by atoms with Gasteiger partial charge in [-0.1, -0.05) is 13.3 Å². The molecular weight excluding hydrogens is 314 g/mol. The van der Waals surface area contributed by atoms with E-state index < -0.39 is 15.6 Å². The van der Waals surface area contributed by atoms with Gasteiger partial charge in [0.1, 0.15) is 0 Å². The zero-order valence-electron chi connectivity index (χ0n) is 12.3. The lowest BCUT2D eigenvalue weighted by atomic mass is 9.96. The van der Waals surface area contributed by atoms with Crippen LogP contribution >= 0.6 is 12.4 Å². The van der Waals surface area contributed by atoms with E-state index in [1.165, 1.54) is 0 Å². The summed E-state index contributed by atoms with van der Waals surface area (Å²) in [5, 5.41) is 2.72. The number of anilines is 2. The number of sulfonamides is 1. The number of nitrogens with two attached hydrogens (primary N) is 1. The van der Waals surface area contributed by atoms with Gasteiger partial charge in [0.15, 0.2) is 0 Å². The third kappa shape index (κ3) is 6.79. The summed E-state index contributed by atoms with van der Waals surface area (Å²) in [7, 11) is -3.30. The highest BCUT2D eigenvalue weighted by Crippen LogP contribution is 2.17. The first-order valence-corrected chi connectivity index (χ1v) is 8.21. The molecule has 0 aromatic heterocycles. The second-order valence-electron chi connectivity index (χ2n) is 5.07. The summed E-state index contributed by atoms with van der Waals surface area (Å²) in [5.41, 5.74) is 6.02. The standard InChI is InChI=1S/C13H21N3O3S.ClH/c1-4-9-13(2,14)12(17)15-10-5-7-11(8-6-10)16-20(3,18)19;/h5-8,16H,4,9,14H2,1-3H3,(H,15,17);1H. The minimum Gasteiger partial charge on any atom is -0.325 e. The van der Waals surface area contributed by atoms with Crippen molar-refractivity contribution in [3.8, 4) is 0 Å². The lowest BCUT2D eigenvalue weighted by Gasteiger charge is -2.22. The average molecular weight is 336 g/mol.